The number of piperidine rings is 1. The van der Waals surface area contributed by atoms with Gasteiger partial charge in [0.1, 0.15) is 12.4 Å². The summed E-state index contributed by atoms with van der Waals surface area (Å²) in [5.74, 6) is -2.25. The van der Waals surface area contributed by atoms with Gasteiger partial charge in [0, 0.05) is 12.1 Å². The maximum atomic E-state index is 14.8. The normalized spacial score (nSPS) is 33.3. The number of rotatable bonds is 0. The molecule has 1 saturated carbocycles. The van der Waals surface area contributed by atoms with E-state index in [1.807, 2.05) is 0 Å². The molecular weight excluding hydrogens is 422 g/mol. The number of nitrogens with one attached hydrogen (secondary N) is 1. The summed E-state index contributed by atoms with van der Waals surface area (Å²) in [7, 11) is 0. The van der Waals surface area contributed by atoms with Crippen LogP contribution in [0.3, 0.4) is 0 Å². The van der Waals surface area contributed by atoms with E-state index in [4.69, 9.17) is 14.2 Å². The van der Waals surface area contributed by atoms with E-state index in [1.165, 1.54) is 6.07 Å². The molecular formula is C23H28F2N2O5. The fraction of sp³-hybridized carbons (Fsp3) is 0.652. The minimum absolute atomic E-state index is 0.00923. The second-order valence-electron chi connectivity index (χ2n) is 9.27. The van der Waals surface area contributed by atoms with Gasteiger partial charge in [-0.05, 0) is 56.6 Å². The summed E-state index contributed by atoms with van der Waals surface area (Å²) in [5, 5.41) is 3.08. The molecule has 0 radical (unpaired) electrons. The van der Waals surface area contributed by atoms with Crippen molar-refractivity contribution < 1.29 is 32.6 Å². The van der Waals surface area contributed by atoms with E-state index in [0.717, 1.165) is 6.07 Å². The lowest BCUT2D eigenvalue weighted by Crippen LogP contribution is -2.72. The van der Waals surface area contributed by atoms with Gasteiger partial charge in [-0.25, -0.2) is 8.78 Å². The van der Waals surface area contributed by atoms with E-state index in [9.17, 15) is 18.4 Å². The highest BCUT2D eigenvalue weighted by molar-refractivity contribution is 5.81. The van der Waals surface area contributed by atoms with Crippen LogP contribution >= 0.6 is 0 Å². The zero-order valence-corrected chi connectivity index (χ0v) is 17.9. The number of fused-ring (bicyclic) bond motifs is 5. The summed E-state index contributed by atoms with van der Waals surface area (Å²) < 4.78 is 46.4. The van der Waals surface area contributed by atoms with Crippen LogP contribution in [-0.4, -0.2) is 67.4 Å². The quantitative estimate of drug-likeness (QED) is 0.656. The van der Waals surface area contributed by atoms with E-state index >= 15 is 0 Å². The Morgan fingerprint density at radius 1 is 1.09 bits per heavy atom. The Bertz CT molecular complexity index is 901. The van der Waals surface area contributed by atoms with Crippen molar-refractivity contribution in [2.75, 3.05) is 33.0 Å². The van der Waals surface area contributed by atoms with Crippen molar-refractivity contribution in [2.45, 2.75) is 62.1 Å². The highest BCUT2D eigenvalue weighted by Crippen LogP contribution is 2.41. The third-order valence-corrected chi connectivity index (χ3v) is 7.35. The van der Waals surface area contributed by atoms with Crippen LogP contribution in [0.15, 0.2) is 12.1 Å². The molecule has 5 aliphatic rings. The molecule has 6 rings (SSSR count). The number of ether oxygens (including phenoxy) is 3. The summed E-state index contributed by atoms with van der Waals surface area (Å²) >= 11 is 0. The second kappa shape index (κ2) is 8.59. The van der Waals surface area contributed by atoms with Gasteiger partial charge in [-0.1, -0.05) is 0 Å². The van der Waals surface area contributed by atoms with Gasteiger partial charge >= 0.3 is 0 Å². The van der Waals surface area contributed by atoms with Gasteiger partial charge < -0.3 is 24.4 Å². The summed E-state index contributed by atoms with van der Waals surface area (Å²) in [6, 6.07) is 2.06. The van der Waals surface area contributed by atoms with Crippen LogP contribution in [0.4, 0.5) is 8.78 Å². The van der Waals surface area contributed by atoms with E-state index in [1.54, 1.807) is 4.90 Å². The fourth-order valence-corrected chi connectivity index (χ4v) is 5.75. The van der Waals surface area contributed by atoms with Crippen molar-refractivity contribution in [3.8, 4) is 5.75 Å². The number of hydrogen-bond acceptors (Lipinski definition) is 5. The molecule has 7 nitrogen and oxygen atoms in total. The highest BCUT2D eigenvalue weighted by atomic mass is 19.2. The zero-order chi connectivity index (χ0) is 22.3. The number of benzene rings is 1. The average Bonchev–Trinajstić information content (AvgIpc) is 2.80. The van der Waals surface area contributed by atoms with Crippen molar-refractivity contribution in [3.05, 3.63) is 29.3 Å². The maximum absolute atomic E-state index is 14.8. The third-order valence-electron chi connectivity index (χ3n) is 7.35. The molecule has 4 heterocycles. The number of halogens is 2. The number of carbonyl (C=O) groups excluding carboxylic acids is 2. The van der Waals surface area contributed by atoms with Crippen LogP contribution < -0.4 is 10.1 Å². The minimum Gasteiger partial charge on any atom is -0.483 e. The fourth-order valence-electron chi connectivity index (χ4n) is 5.75. The van der Waals surface area contributed by atoms with Gasteiger partial charge in [0.05, 0.1) is 30.9 Å². The van der Waals surface area contributed by atoms with Crippen molar-refractivity contribution >= 4 is 11.8 Å². The Labute approximate surface area is 185 Å². The minimum atomic E-state index is -0.910. The monoisotopic (exact) mass is 450 g/mol. The third kappa shape index (κ3) is 3.85. The summed E-state index contributed by atoms with van der Waals surface area (Å²) in [6.45, 7) is 0.814. The first-order chi connectivity index (χ1) is 15.5. The Hall–Kier alpha value is -2.26. The van der Waals surface area contributed by atoms with E-state index < -0.39 is 17.2 Å². The van der Waals surface area contributed by atoms with Crippen LogP contribution in [-0.2, 0) is 19.1 Å². The predicted octanol–water partition coefficient (Wildman–Crippen LogP) is 2.28. The Morgan fingerprint density at radius 3 is 2.69 bits per heavy atom. The molecule has 0 unspecified atom stereocenters. The van der Waals surface area contributed by atoms with Crippen LogP contribution in [0.1, 0.15) is 50.0 Å². The van der Waals surface area contributed by atoms with Crippen LogP contribution in [0.5, 0.6) is 5.75 Å². The van der Waals surface area contributed by atoms with Crippen molar-refractivity contribution in [1.29, 1.82) is 0 Å². The summed E-state index contributed by atoms with van der Waals surface area (Å²) in [6.07, 6.45) is 4.06. The zero-order valence-electron chi connectivity index (χ0n) is 17.9. The van der Waals surface area contributed by atoms with Gasteiger partial charge in [0.15, 0.2) is 18.2 Å². The standard InChI is InChI=1S/C23H28F2N2O5/c24-16-6-7-17-21(22(16)25)14-2-4-15(5-3-14)31-10-18-23(13-30-11-19(28)26-23)8-1-9-27(18)20(29)12-32-17/h6-7,14-15,18H,1-5,8-13H2,(H,26,28)/t14-,15+,18-,23+/m0/s1. The SMILES string of the molecule is O=C1COC[C@@]2(CCCN3C(=O)COc4ccc(F)c(F)c4[C@H]4CC[C@H](CC4)OC[C@H]32)N1. The largest absolute Gasteiger partial charge is 0.483 e. The topological polar surface area (TPSA) is 77.1 Å². The highest BCUT2D eigenvalue weighted by Gasteiger charge is 2.50. The summed E-state index contributed by atoms with van der Waals surface area (Å²) in [4.78, 5) is 27.1. The first kappa shape index (κ1) is 21.6. The smallest absolute Gasteiger partial charge is 0.260 e. The molecule has 9 heteroatoms. The van der Waals surface area contributed by atoms with Gasteiger partial charge in [-0.2, -0.15) is 0 Å². The van der Waals surface area contributed by atoms with Crippen molar-refractivity contribution in [3.63, 3.8) is 0 Å². The molecule has 2 bridgehead atoms. The average molecular weight is 450 g/mol. The molecule has 174 valence electrons. The molecule has 3 fully saturated rings. The lowest BCUT2D eigenvalue weighted by molar-refractivity contribution is -0.156. The van der Waals surface area contributed by atoms with Gasteiger partial charge in [0.2, 0.25) is 5.91 Å². The molecule has 1 spiro atoms. The van der Waals surface area contributed by atoms with E-state index in [-0.39, 0.29) is 61.0 Å². The van der Waals surface area contributed by atoms with Crippen LogP contribution in [0.2, 0.25) is 0 Å². The lowest BCUT2D eigenvalue weighted by atomic mass is 9.80. The molecule has 2 amide bonds. The van der Waals surface area contributed by atoms with Gasteiger partial charge in [-0.3, -0.25) is 9.59 Å². The number of morpholine rings is 1. The molecule has 1 aromatic carbocycles. The Balaban J connectivity index is 1.48. The van der Waals surface area contributed by atoms with Gasteiger partial charge in [-0.15, -0.1) is 0 Å². The van der Waals surface area contributed by atoms with Crippen LogP contribution in [0.25, 0.3) is 0 Å². The predicted molar refractivity (Wildman–Crippen MR) is 109 cm³/mol. The first-order valence-electron chi connectivity index (χ1n) is 11.4. The molecule has 0 aromatic heterocycles. The number of nitrogens with zero attached hydrogens (tertiary/aromatic N) is 1. The van der Waals surface area contributed by atoms with Gasteiger partial charge in [0.25, 0.3) is 5.91 Å². The first-order valence-corrected chi connectivity index (χ1v) is 11.4. The Morgan fingerprint density at radius 2 is 1.91 bits per heavy atom. The summed E-state index contributed by atoms with van der Waals surface area (Å²) in [5.41, 5.74) is -0.483. The van der Waals surface area contributed by atoms with E-state index in [0.29, 0.717) is 51.7 Å². The molecule has 2 atom stereocenters. The van der Waals surface area contributed by atoms with Crippen molar-refractivity contribution in [2.24, 2.45) is 0 Å². The molecule has 2 saturated heterocycles. The molecule has 4 aliphatic heterocycles. The van der Waals surface area contributed by atoms with Crippen molar-refractivity contribution in [1.82, 2.24) is 10.2 Å². The Kier molecular flexibility index (Phi) is 5.79. The molecule has 1 aromatic rings. The number of carbonyl (C=O) groups is 2. The molecule has 1 aliphatic carbocycles. The second-order valence-corrected chi connectivity index (χ2v) is 9.27. The van der Waals surface area contributed by atoms with Crippen LogP contribution in [0, 0.1) is 11.6 Å². The number of amides is 2. The number of hydrogen-bond donors (Lipinski definition) is 1. The lowest BCUT2D eigenvalue weighted by Gasteiger charge is -2.51. The molecule has 32 heavy (non-hydrogen) atoms. The maximum Gasteiger partial charge on any atom is 0.260 e. The molecule has 1 N–H and O–H groups in total. The van der Waals surface area contributed by atoms with E-state index in [2.05, 4.69) is 5.32 Å².